The topological polar surface area (TPSA) is 153 Å². The number of rotatable bonds is 4. The monoisotopic (exact) mass is 265 g/mol. The molecule has 0 radical (unpaired) electrons. The minimum absolute atomic E-state index is 0.220. The van der Waals surface area contributed by atoms with Crippen LogP contribution < -0.4 is 5.73 Å². The van der Waals surface area contributed by atoms with Crippen molar-refractivity contribution in [1.29, 1.82) is 0 Å². The molecule has 7 N–H and O–H groups in total. The van der Waals surface area contributed by atoms with Crippen molar-refractivity contribution in [3.8, 4) is 0 Å². The van der Waals surface area contributed by atoms with Crippen LogP contribution >= 0.6 is 0 Å². The number of ether oxygens (including phenoxy) is 1. The van der Waals surface area contributed by atoms with Crippen LogP contribution in [0.2, 0.25) is 0 Å². The molecule has 0 saturated carbocycles. The van der Waals surface area contributed by atoms with E-state index in [0.717, 1.165) is 0 Å². The average molecular weight is 265 g/mol. The Morgan fingerprint density at radius 1 is 1.56 bits per heavy atom. The molecule has 0 aromatic carbocycles. The fourth-order valence-electron chi connectivity index (χ4n) is 1.94. The van der Waals surface area contributed by atoms with E-state index < -0.39 is 48.6 Å². The van der Waals surface area contributed by atoms with Crippen LogP contribution in [0.4, 0.5) is 0 Å². The SMILES string of the molecule is C[C@]1(C(=O)O)C[C@@H](O)C(N)[C@H]([C@H](O)[C@H](O)CO)O1. The van der Waals surface area contributed by atoms with Crippen molar-refractivity contribution in [2.24, 2.45) is 5.73 Å². The number of carboxylic acid groups (broad SMARTS) is 1. The summed E-state index contributed by atoms with van der Waals surface area (Å²) in [5, 5.41) is 46.5. The van der Waals surface area contributed by atoms with Gasteiger partial charge in [-0.15, -0.1) is 0 Å². The largest absolute Gasteiger partial charge is 0.479 e. The molecule has 106 valence electrons. The van der Waals surface area contributed by atoms with Gasteiger partial charge in [0.2, 0.25) is 0 Å². The number of aliphatic hydroxyl groups excluding tert-OH is 4. The molecule has 1 aliphatic rings. The van der Waals surface area contributed by atoms with Crippen molar-refractivity contribution in [1.82, 2.24) is 0 Å². The molecular weight excluding hydrogens is 246 g/mol. The van der Waals surface area contributed by atoms with Crippen LogP contribution in [-0.2, 0) is 9.53 Å². The van der Waals surface area contributed by atoms with Crippen LogP contribution in [0.5, 0.6) is 0 Å². The maximum absolute atomic E-state index is 11.1. The predicted molar refractivity (Wildman–Crippen MR) is 58.6 cm³/mol. The van der Waals surface area contributed by atoms with Crippen molar-refractivity contribution in [2.45, 2.75) is 49.4 Å². The van der Waals surface area contributed by atoms with Gasteiger partial charge in [0.25, 0.3) is 0 Å². The molecule has 0 spiro atoms. The first-order chi connectivity index (χ1) is 8.23. The maximum Gasteiger partial charge on any atom is 0.335 e. The highest BCUT2D eigenvalue weighted by Gasteiger charge is 2.50. The fraction of sp³-hybridized carbons (Fsp3) is 0.900. The molecule has 1 fully saturated rings. The lowest BCUT2D eigenvalue weighted by molar-refractivity contribution is -0.221. The Morgan fingerprint density at radius 3 is 2.56 bits per heavy atom. The van der Waals surface area contributed by atoms with Crippen molar-refractivity contribution in [3.63, 3.8) is 0 Å². The highest BCUT2D eigenvalue weighted by Crippen LogP contribution is 2.30. The third kappa shape index (κ3) is 2.79. The average Bonchev–Trinajstić information content (AvgIpc) is 2.31. The van der Waals surface area contributed by atoms with Crippen LogP contribution in [0, 0.1) is 0 Å². The van der Waals surface area contributed by atoms with Crippen molar-refractivity contribution < 1.29 is 35.1 Å². The summed E-state index contributed by atoms with van der Waals surface area (Å²) in [6.07, 6.45) is -5.80. The lowest BCUT2D eigenvalue weighted by atomic mass is 9.85. The Labute approximate surface area is 104 Å². The Bertz CT molecular complexity index is 313. The van der Waals surface area contributed by atoms with Crippen molar-refractivity contribution in [3.05, 3.63) is 0 Å². The van der Waals surface area contributed by atoms with E-state index >= 15 is 0 Å². The smallest absolute Gasteiger partial charge is 0.335 e. The molecule has 0 aromatic heterocycles. The van der Waals surface area contributed by atoms with E-state index in [2.05, 4.69) is 0 Å². The van der Waals surface area contributed by atoms with Gasteiger partial charge in [0, 0.05) is 6.42 Å². The first kappa shape index (κ1) is 15.3. The van der Waals surface area contributed by atoms with E-state index in [1.54, 1.807) is 0 Å². The van der Waals surface area contributed by atoms with Gasteiger partial charge in [0.15, 0.2) is 5.60 Å². The summed E-state index contributed by atoms with van der Waals surface area (Å²) in [5.41, 5.74) is 3.92. The number of aliphatic hydroxyl groups is 4. The molecule has 0 amide bonds. The zero-order valence-corrected chi connectivity index (χ0v) is 9.93. The second kappa shape index (κ2) is 5.47. The van der Waals surface area contributed by atoms with Gasteiger partial charge in [0.1, 0.15) is 18.3 Å². The summed E-state index contributed by atoms with van der Waals surface area (Å²) in [5.74, 6) is -1.30. The van der Waals surface area contributed by atoms with Crippen LogP contribution in [0.25, 0.3) is 0 Å². The van der Waals surface area contributed by atoms with Crippen LogP contribution in [0.1, 0.15) is 13.3 Å². The summed E-state index contributed by atoms with van der Waals surface area (Å²) in [6.45, 7) is 0.517. The van der Waals surface area contributed by atoms with Gasteiger partial charge < -0.3 is 36.0 Å². The summed E-state index contributed by atoms with van der Waals surface area (Å²) >= 11 is 0. The molecule has 8 heteroatoms. The summed E-state index contributed by atoms with van der Waals surface area (Å²) in [7, 11) is 0. The zero-order valence-electron chi connectivity index (χ0n) is 9.93. The summed E-state index contributed by atoms with van der Waals surface area (Å²) in [4.78, 5) is 11.1. The van der Waals surface area contributed by atoms with Crippen LogP contribution in [-0.4, -0.2) is 74.2 Å². The summed E-state index contributed by atoms with van der Waals surface area (Å²) < 4.78 is 5.20. The second-order valence-electron chi connectivity index (χ2n) is 4.71. The lowest BCUT2D eigenvalue weighted by Gasteiger charge is -2.44. The van der Waals surface area contributed by atoms with Gasteiger partial charge >= 0.3 is 5.97 Å². The number of hydrogen-bond acceptors (Lipinski definition) is 7. The van der Waals surface area contributed by atoms with E-state index in [9.17, 15) is 20.1 Å². The Balaban J connectivity index is 2.92. The number of carbonyl (C=O) groups is 1. The van der Waals surface area contributed by atoms with E-state index in [0.29, 0.717) is 0 Å². The van der Waals surface area contributed by atoms with E-state index in [-0.39, 0.29) is 6.42 Å². The minimum Gasteiger partial charge on any atom is -0.479 e. The molecule has 1 aliphatic heterocycles. The molecule has 0 bridgehead atoms. The number of hydrogen-bond donors (Lipinski definition) is 6. The van der Waals surface area contributed by atoms with Crippen LogP contribution in [0.3, 0.4) is 0 Å². The van der Waals surface area contributed by atoms with E-state index in [4.69, 9.17) is 20.7 Å². The van der Waals surface area contributed by atoms with E-state index in [1.807, 2.05) is 0 Å². The summed E-state index contributed by atoms with van der Waals surface area (Å²) in [6, 6.07) is -1.05. The standard InChI is InChI=1S/C10H19NO7/c1-10(9(16)17)2-4(13)6(11)8(18-10)7(15)5(14)3-12/h4-8,12-15H,2-3,11H2,1H3,(H,16,17)/t4-,5-,6?,7-,8-,10-/m1/s1. The van der Waals surface area contributed by atoms with Gasteiger partial charge in [-0.1, -0.05) is 0 Å². The van der Waals surface area contributed by atoms with Gasteiger partial charge in [-0.25, -0.2) is 4.79 Å². The molecule has 0 aliphatic carbocycles. The zero-order chi connectivity index (χ0) is 14.1. The first-order valence-electron chi connectivity index (χ1n) is 5.55. The van der Waals surface area contributed by atoms with Gasteiger partial charge in [-0.2, -0.15) is 0 Å². The van der Waals surface area contributed by atoms with Crippen molar-refractivity contribution >= 4 is 5.97 Å². The molecule has 1 heterocycles. The maximum atomic E-state index is 11.1. The molecule has 1 rings (SSSR count). The third-order valence-electron chi connectivity index (χ3n) is 3.19. The molecule has 1 unspecified atom stereocenters. The Hall–Kier alpha value is -0.770. The quantitative estimate of drug-likeness (QED) is 0.315. The highest BCUT2D eigenvalue weighted by molar-refractivity contribution is 5.77. The Morgan fingerprint density at radius 2 is 2.11 bits per heavy atom. The fourth-order valence-corrected chi connectivity index (χ4v) is 1.94. The third-order valence-corrected chi connectivity index (χ3v) is 3.19. The van der Waals surface area contributed by atoms with Gasteiger partial charge in [-0.3, -0.25) is 0 Å². The molecule has 1 saturated heterocycles. The number of aliphatic carboxylic acids is 1. The molecule has 8 nitrogen and oxygen atoms in total. The first-order valence-corrected chi connectivity index (χ1v) is 5.55. The van der Waals surface area contributed by atoms with Gasteiger partial charge in [0.05, 0.1) is 18.8 Å². The minimum atomic E-state index is -1.70. The van der Waals surface area contributed by atoms with E-state index in [1.165, 1.54) is 6.92 Å². The normalized spacial score (nSPS) is 40.2. The van der Waals surface area contributed by atoms with Gasteiger partial charge in [-0.05, 0) is 6.92 Å². The molecule has 18 heavy (non-hydrogen) atoms. The number of carboxylic acids is 1. The molecule has 0 aromatic rings. The second-order valence-corrected chi connectivity index (χ2v) is 4.71. The Kier molecular flexibility index (Phi) is 4.65. The predicted octanol–water partition coefficient (Wildman–Crippen LogP) is -2.98. The molecule has 6 atom stereocenters. The number of nitrogens with two attached hydrogens (primary N) is 1. The lowest BCUT2D eigenvalue weighted by Crippen LogP contribution is -2.64. The van der Waals surface area contributed by atoms with Crippen LogP contribution in [0.15, 0.2) is 0 Å². The molecular formula is C10H19NO7. The highest BCUT2D eigenvalue weighted by atomic mass is 16.6. The van der Waals surface area contributed by atoms with Crippen molar-refractivity contribution in [2.75, 3.05) is 6.61 Å².